The lowest BCUT2D eigenvalue weighted by molar-refractivity contribution is 0.100. The summed E-state index contributed by atoms with van der Waals surface area (Å²) in [6.45, 7) is 3.15. The zero-order valence-electron chi connectivity index (χ0n) is 12.1. The summed E-state index contributed by atoms with van der Waals surface area (Å²) in [6.07, 6.45) is 0. The second-order valence-electron chi connectivity index (χ2n) is 4.88. The zero-order valence-corrected chi connectivity index (χ0v) is 12.9. The highest BCUT2D eigenvalue weighted by Gasteiger charge is 2.21. The van der Waals surface area contributed by atoms with Gasteiger partial charge in [-0.05, 0) is 49.2 Å². The average molecular weight is 322 g/mol. The van der Waals surface area contributed by atoms with Crippen molar-refractivity contribution in [2.75, 3.05) is 4.72 Å². The van der Waals surface area contributed by atoms with Crippen LogP contribution >= 0.6 is 0 Å². The van der Waals surface area contributed by atoms with Gasteiger partial charge in [0, 0.05) is 0 Å². The monoisotopic (exact) mass is 322 g/mol. The Bertz CT molecular complexity index is 848. The highest BCUT2D eigenvalue weighted by atomic mass is 32.2. The Morgan fingerprint density at radius 3 is 2.41 bits per heavy atom. The molecule has 0 aromatic heterocycles. The zero-order chi connectivity index (χ0) is 16.5. The van der Waals surface area contributed by atoms with Crippen molar-refractivity contribution in [3.63, 3.8) is 0 Å². The SMILES string of the molecule is Cc1cc(F)ccc1S(=O)(=O)Nc1c(C)cccc1C(N)=O. The number of benzene rings is 2. The predicted octanol–water partition coefficient (Wildman–Crippen LogP) is 2.34. The quantitative estimate of drug-likeness (QED) is 0.905. The second-order valence-corrected chi connectivity index (χ2v) is 6.53. The molecule has 0 aliphatic rings. The van der Waals surface area contributed by atoms with Crippen LogP contribution in [0.5, 0.6) is 0 Å². The van der Waals surface area contributed by atoms with Gasteiger partial charge in [0.25, 0.3) is 15.9 Å². The third-order valence-corrected chi connectivity index (χ3v) is 4.71. The molecule has 0 atom stereocenters. The molecule has 0 aliphatic carbocycles. The Kier molecular flexibility index (Phi) is 4.18. The van der Waals surface area contributed by atoms with E-state index in [2.05, 4.69) is 4.72 Å². The van der Waals surface area contributed by atoms with Crippen LogP contribution < -0.4 is 10.5 Å². The van der Waals surface area contributed by atoms with Gasteiger partial charge in [-0.1, -0.05) is 12.1 Å². The highest BCUT2D eigenvalue weighted by Crippen LogP contribution is 2.25. The number of halogens is 1. The molecular weight excluding hydrogens is 307 g/mol. The van der Waals surface area contributed by atoms with Crippen LogP contribution in [0, 0.1) is 19.7 Å². The molecule has 0 heterocycles. The number of carbonyl (C=O) groups is 1. The Balaban J connectivity index is 2.52. The first-order valence-electron chi connectivity index (χ1n) is 6.41. The summed E-state index contributed by atoms with van der Waals surface area (Å²) in [5.41, 5.74) is 6.28. The number of carbonyl (C=O) groups excluding carboxylic acids is 1. The fourth-order valence-corrected chi connectivity index (χ4v) is 3.49. The van der Waals surface area contributed by atoms with E-state index >= 15 is 0 Å². The van der Waals surface area contributed by atoms with Crippen molar-refractivity contribution < 1.29 is 17.6 Å². The standard InChI is InChI=1S/C15H15FN2O3S/c1-9-4-3-5-12(15(17)19)14(9)18-22(20,21)13-7-6-11(16)8-10(13)2/h3-8,18H,1-2H3,(H2,17,19). The summed E-state index contributed by atoms with van der Waals surface area (Å²) in [4.78, 5) is 11.4. The van der Waals surface area contributed by atoms with Crippen LogP contribution in [0.2, 0.25) is 0 Å². The summed E-state index contributed by atoms with van der Waals surface area (Å²) < 4.78 is 40.4. The van der Waals surface area contributed by atoms with Gasteiger partial charge in [-0.15, -0.1) is 0 Å². The fraction of sp³-hybridized carbons (Fsp3) is 0.133. The number of nitrogens with two attached hydrogens (primary N) is 1. The minimum Gasteiger partial charge on any atom is -0.366 e. The summed E-state index contributed by atoms with van der Waals surface area (Å²) in [6, 6.07) is 8.06. The van der Waals surface area contributed by atoms with Crippen molar-refractivity contribution in [3.05, 3.63) is 58.9 Å². The largest absolute Gasteiger partial charge is 0.366 e. The first-order valence-corrected chi connectivity index (χ1v) is 7.89. The van der Waals surface area contributed by atoms with Crippen molar-refractivity contribution in [1.29, 1.82) is 0 Å². The number of para-hydroxylation sites is 1. The maximum atomic E-state index is 13.1. The van der Waals surface area contributed by atoms with Gasteiger partial charge in [-0.3, -0.25) is 9.52 Å². The maximum absolute atomic E-state index is 13.1. The lowest BCUT2D eigenvalue weighted by Gasteiger charge is -2.14. The van der Waals surface area contributed by atoms with Crippen LogP contribution in [0.3, 0.4) is 0 Å². The van der Waals surface area contributed by atoms with E-state index in [0.29, 0.717) is 5.56 Å². The number of anilines is 1. The Labute approximate surface area is 128 Å². The number of rotatable bonds is 4. The average Bonchev–Trinajstić information content (AvgIpc) is 2.40. The van der Waals surface area contributed by atoms with Crippen molar-refractivity contribution in [1.82, 2.24) is 0 Å². The minimum absolute atomic E-state index is 0.0624. The molecule has 22 heavy (non-hydrogen) atoms. The Morgan fingerprint density at radius 2 is 1.82 bits per heavy atom. The number of nitrogens with one attached hydrogen (secondary N) is 1. The Hall–Kier alpha value is -2.41. The molecule has 116 valence electrons. The molecule has 2 rings (SSSR count). The van der Waals surface area contributed by atoms with E-state index < -0.39 is 21.7 Å². The van der Waals surface area contributed by atoms with Crippen molar-refractivity contribution in [2.24, 2.45) is 5.73 Å². The van der Waals surface area contributed by atoms with Crippen LogP contribution in [-0.2, 0) is 10.0 Å². The molecule has 0 fully saturated rings. The van der Waals surface area contributed by atoms with Gasteiger partial charge in [-0.25, -0.2) is 12.8 Å². The van der Waals surface area contributed by atoms with E-state index in [-0.39, 0.29) is 21.7 Å². The molecule has 7 heteroatoms. The van der Waals surface area contributed by atoms with Crippen LogP contribution in [0.15, 0.2) is 41.3 Å². The molecule has 3 N–H and O–H groups in total. The van der Waals surface area contributed by atoms with Crippen molar-refractivity contribution in [2.45, 2.75) is 18.7 Å². The van der Waals surface area contributed by atoms with Gasteiger partial charge >= 0.3 is 0 Å². The molecular formula is C15H15FN2O3S. The van der Waals surface area contributed by atoms with Gasteiger partial charge in [0.1, 0.15) is 5.82 Å². The predicted molar refractivity (Wildman–Crippen MR) is 81.6 cm³/mol. The molecule has 0 saturated heterocycles. The minimum atomic E-state index is -3.96. The molecule has 5 nitrogen and oxygen atoms in total. The highest BCUT2D eigenvalue weighted by molar-refractivity contribution is 7.92. The van der Waals surface area contributed by atoms with E-state index in [0.717, 1.165) is 12.1 Å². The van der Waals surface area contributed by atoms with E-state index in [1.807, 2.05) is 0 Å². The number of sulfonamides is 1. The fourth-order valence-electron chi connectivity index (χ4n) is 2.11. The second kappa shape index (κ2) is 5.76. The molecule has 0 bridgehead atoms. The number of primary amides is 1. The smallest absolute Gasteiger partial charge is 0.262 e. The molecule has 0 saturated carbocycles. The van der Waals surface area contributed by atoms with Gasteiger partial charge in [0.05, 0.1) is 16.1 Å². The van der Waals surface area contributed by atoms with Gasteiger partial charge in [0.15, 0.2) is 0 Å². The summed E-state index contributed by atoms with van der Waals surface area (Å²) >= 11 is 0. The van der Waals surface area contributed by atoms with Crippen LogP contribution in [-0.4, -0.2) is 14.3 Å². The topological polar surface area (TPSA) is 89.3 Å². The van der Waals surface area contributed by atoms with Gasteiger partial charge in [0.2, 0.25) is 0 Å². The summed E-state index contributed by atoms with van der Waals surface area (Å²) in [5, 5.41) is 0. The number of amides is 1. The lowest BCUT2D eigenvalue weighted by Crippen LogP contribution is -2.20. The number of aryl methyl sites for hydroxylation is 2. The molecule has 0 unspecified atom stereocenters. The molecule has 2 aromatic carbocycles. The first-order chi connectivity index (χ1) is 10.2. The van der Waals surface area contributed by atoms with E-state index in [9.17, 15) is 17.6 Å². The number of hydrogen-bond donors (Lipinski definition) is 2. The third-order valence-electron chi connectivity index (χ3n) is 3.20. The van der Waals surface area contributed by atoms with Crippen LogP contribution in [0.4, 0.5) is 10.1 Å². The molecule has 0 aliphatic heterocycles. The lowest BCUT2D eigenvalue weighted by atomic mass is 10.1. The molecule has 0 radical (unpaired) electrons. The molecule has 2 aromatic rings. The first kappa shape index (κ1) is 16.0. The van der Waals surface area contributed by atoms with E-state index in [4.69, 9.17) is 5.73 Å². The third kappa shape index (κ3) is 3.09. The van der Waals surface area contributed by atoms with Crippen molar-refractivity contribution >= 4 is 21.6 Å². The van der Waals surface area contributed by atoms with Crippen LogP contribution in [0.1, 0.15) is 21.5 Å². The van der Waals surface area contributed by atoms with Crippen LogP contribution in [0.25, 0.3) is 0 Å². The van der Waals surface area contributed by atoms with Gasteiger partial charge < -0.3 is 5.73 Å². The maximum Gasteiger partial charge on any atom is 0.262 e. The van der Waals surface area contributed by atoms with Crippen molar-refractivity contribution in [3.8, 4) is 0 Å². The summed E-state index contributed by atoms with van der Waals surface area (Å²) in [5.74, 6) is -1.26. The number of hydrogen-bond acceptors (Lipinski definition) is 3. The summed E-state index contributed by atoms with van der Waals surface area (Å²) in [7, 11) is -3.96. The normalized spacial score (nSPS) is 11.2. The Morgan fingerprint density at radius 1 is 1.14 bits per heavy atom. The van der Waals surface area contributed by atoms with E-state index in [1.165, 1.54) is 19.1 Å². The van der Waals surface area contributed by atoms with E-state index in [1.54, 1.807) is 19.1 Å². The molecule has 0 spiro atoms. The van der Waals surface area contributed by atoms with Gasteiger partial charge in [-0.2, -0.15) is 0 Å². The molecule has 1 amide bonds.